The Kier molecular flexibility index (Phi) is 10.4. The van der Waals surface area contributed by atoms with Crippen molar-refractivity contribution in [2.75, 3.05) is 33.3 Å². The molecule has 194 valence electrons. The number of likely N-dealkylation sites (tertiary alicyclic amines) is 1. The second kappa shape index (κ2) is 13.5. The SMILES string of the molecule is CCCCN(CCCC)CCCN1C(=O)C(=O)C(=C(O)c2ccc(OC)cc2)[C@@H]1c1ccc(Cl)cc1. The lowest BCUT2D eigenvalue weighted by Gasteiger charge is -2.27. The Morgan fingerprint density at radius 1 is 0.944 bits per heavy atom. The first kappa shape index (κ1) is 27.8. The van der Waals surface area contributed by atoms with Crippen LogP contribution in [0.2, 0.25) is 5.02 Å². The molecule has 0 bridgehead atoms. The highest BCUT2D eigenvalue weighted by molar-refractivity contribution is 6.46. The van der Waals surface area contributed by atoms with Crippen molar-refractivity contribution in [1.29, 1.82) is 0 Å². The lowest BCUT2D eigenvalue weighted by Crippen LogP contribution is -2.34. The van der Waals surface area contributed by atoms with Crippen molar-refractivity contribution >= 4 is 29.1 Å². The van der Waals surface area contributed by atoms with Crippen LogP contribution in [0.5, 0.6) is 5.75 Å². The number of carbonyl (C=O) groups excluding carboxylic acids is 2. The molecule has 1 heterocycles. The average molecular weight is 513 g/mol. The fourth-order valence-electron chi connectivity index (χ4n) is 4.57. The van der Waals surface area contributed by atoms with E-state index in [2.05, 4.69) is 18.7 Å². The van der Waals surface area contributed by atoms with Gasteiger partial charge in [0.25, 0.3) is 11.7 Å². The highest BCUT2D eigenvalue weighted by atomic mass is 35.5. The van der Waals surface area contributed by atoms with Crippen LogP contribution >= 0.6 is 11.6 Å². The van der Waals surface area contributed by atoms with E-state index in [-0.39, 0.29) is 11.3 Å². The number of ketones is 1. The number of Topliss-reactive ketones (excluding diaryl/α,β-unsaturated/α-hetero) is 1. The van der Waals surface area contributed by atoms with Crippen LogP contribution in [-0.2, 0) is 9.59 Å². The van der Waals surface area contributed by atoms with Gasteiger partial charge in [-0.3, -0.25) is 9.59 Å². The Morgan fingerprint density at radius 2 is 1.53 bits per heavy atom. The molecular formula is C29H37ClN2O4. The standard InChI is InChI=1S/C29H37ClN2O4/c1-4-6-17-31(18-7-5-2)19-8-20-32-26(21-9-13-23(30)14-10-21)25(28(34)29(32)35)27(33)22-11-15-24(36-3)16-12-22/h9-16,26,33H,4-8,17-20H2,1-3H3/t26-/m0/s1. The van der Waals surface area contributed by atoms with Gasteiger partial charge in [-0.2, -0.15) is 0 Å². The van der Waals surface area contributed by atoms with Crippen molar-refractivity contribution in [2.24, 2.45) is 0 Å². The molecule has 0 saturated carbocycles. The van der Waals surface area contributed by atoms with Crippen molar-refractivity contribution in [1.82, 2.24) is 9.80 Å². The van der Waals surface area contributed by atoms with Crippen molar-refractivity contribution in [2.45, 2.75) is 52.0 Å². The van der Waals surface area contributed by atoms with Gasteiger partial charge >= 0.3 is 0 Å². The van der Waals surface area contributed by atoms with E-state index in [1.807, 2.05) is 12.1 Å². The molecule has 0 spiro atoms. The minimum absolute atomic E-state index is 0.0984. The van der Waals surface area contributed by atoms with E-state index in [1.165, 1.54) is 0 Å². The Labute approximate surface area is 219 Å². The zero-order valence-corrected chi connectivity index (χ0v) is 22.3. The van der Waals surface area contributed by atoms with Gasteiger partial charge in [-0.25, -0.2) is 0 Å². The van der Waals surface area contributed by atoms with Crippen LogP contribution < -0.4 is 4.74 Å². The van der Waals surface area contributed by atoms with E-state index in [0.29, 0.717) is 22.9 Å². The van der Waals surface area contributed by atoms with Crippen LogP contribution in [0.15, 0.2) is 54.1 Å². The number of aliphatic hydroxyl groups excluding tert-OH is 1. The van der Waals surface area contributed by atoms with Gasteiger partial charge in [0, 0.05) is 17.1 Å². The molecule has 1 aliphatic heterocycles. The minimum Gasteiger partial charge on any atom is -0.507 e. The Balaban J connectivity index is 1.90. The predicted octanol–water partition coefficient (Wildman–Crippen LogP) is 6.06. The predicted molar refractivity (Wildman–Crippen MR) is 144 cm³/mol. The normalized spacial score (nSPS) is 17.2. The van der Waals surface area contributed by atoms with Crippen molar-refractivity contribution < 1.29 is 19.4 Å². The summed E-state index contributed by atoms with van der Waals surface area (Å²) in [6.07, 6.45) is 5.30. The molecule has 1 saturated heterocycles. The Hall–Kier alpha value is -2.83. The van der Waals surface area contributed by atoms with Crippen LogP contribution in [0.1, 0.15) is 63.1 Å². The van der Waals surface area contributed by atoms with Crippen LogP contribution in [0, 0.1) is 0 Å². The van der Waals surface area contributed by atoms with E-state index in [1.54, 1.807) is 48.4 Å². The molecule has 0 aromatic heterocycles. The monoisotopic (exact) mass is 512 g/mol. The van der Waals surface area contributed by atoms with Gasteiger partial charge in [-0.1, -0.05) is 50.4 Å². The number of methoxy groups -OCH3 is 1. The molecule has 7 heteroatoms. The maximum atomic E-state index is 13.2. The number of rotatable bonds is 13. The van der Waals surface area contributed by atoms with Gasteiger partial charge in [0.1, 0.15) is 11.5 Å². The molecule has 1 amide bonds. The fraction of sp³-hybridized carbons (Fsp3) is 0.448. The first-order chi connectivity index (χ1) is 17.4. The van der Waals surface area contributed by atoms with E-state index in [9.17, 15) is 14.7 Å². The summed E-state index contributed by atoms with van der Waals surface area (Å²) in [6, 6.07) is 13.2. The van der Waals surface area contributed by atoms with Gasteiger partial charge in [-0.15, -0.1) is 0 Å². The summed E-state index contributed by atoms with van der Waals surface area (Å²) in [7, 11) is 1.56. The zero-order chi connectivity index (χ0) is 26.1. The summed E-state index contributed by atoms with van der Waals surface area (Å²) < 4.78 is 5.20. The average Bonchev–Trinajstić information content (AvgIpc) is 3.15. The number of carbonyl (C=O) groups is 2. The zero-order valence-electron chi connectivity index (χ0n) is 21.5. The first-order valence-corrected chi connectivity index (χ1v) is 13.2. The molecule has 2 aromatic rings. The second-order valence-electron chi connectivity index (χ2n) is 9.17. The third-order valence-corrected chi connectivity index (χ3v) is 6.87. The molecule has 2 aromatic carbocycles. The number of unbranched alkanes of at least 4 members (excludes halogenated alkanes) is 2. The van der Waals surface area contributed by atoms with Crippen molar-refractivity contribution in [3.8, 4) is 5.75 Å². The summed E-state index contributed by atoms with van der Waals surface area (Å²) in [5.74, 6) is -0.807. The number of hydrogen-bond donors (Lipinski definition) is 1. The third-order valence-electron chi connectivity index (χ3n) is 6.62. The van der Waals surface area contributed by atoms with E-state index in [0.717, 1.165) is 57.3 Å². The Morgan fingerprint density at radius 3 is 2.08 bits per heavy atom. The van der Waals surface area contributed by atoms with E-state index < -0.39 is 17.7 Å². The molecule has 1 fully saturated rings. The summed E-state index contributed by atoms with van der Waals surface area (Å²) in [5, 5.41) is 11.8. The van der Waals surface area contributed by atoms with E-state index in [4.69, 9.17) is 16.3 Å². The number of nitrogens with zero attached hydrogens (tertiary/aromatic N) is 2. The smallest absolute Gasteiger partial charge is 0.295 e. The topological polar surface area (TPSA) is 70.1 Å². The van der Waals surface area contributed by atoms with Gasteiger partial charge in [0.15, 0.2) is 0 Å². The Bertz CT molecular complexity index is 1040. The highest BCUT2D eigenvalue weighted by Gasteiger charge is 2.45. The maximum Gasteiger partial charge on any atom is 0.295 e. The highest BCUT2D eigenvalue weighted by Crippen LogP contribution is 2.40. The van der Waals surface area contributed by atoms with Crippen LogP contribution in [0.25, 0.3) is 5.76 Å². The quantitative estimate of drug-likeness (QED) is 0.200. The lowest BCUT2D eigenvalue weighted by molar-refractivity contribution is -0.140. The van der Waals surface area contributed by atoms with Crippen LogP contribution in [-0.4, -0.2) is 59.9 Å². The molecule has 0 unspecified atom stereocenters. The van der Waals surface area contributed by atoms with E-state index >= 15 is 0 Å². The number of amides is 1. The summed E-state index contributed by atoms with van der Waals surface area (Å²) >= 11 is 6.11. The first-order valence-electron chi connectivity index (χ1n) is 12.8. The molecule has 3 rings (SSSR count). The molecule has 6 nitrogen and oxygen atoms in total. The second-order valence-corrected chi connectivity index (χ2v) is 9.61. The van der Waals surface area contributed by atoms with Gasteiger partial charge in [-0.05, 0) is 80.9 Å². The molecule has 36 heavy (non-hydrogen) atoms. The van der Waals surface area contributed by atoms with Gasteiger partial charge in [0.2, 0.25) is 0 Å². The largest absolute Gasteiger partial charge is 0.507 e. The minimum atomic E-state index is -0.677. The van der Waals surface area contributed by atoms with Gasteiger partial charge in [0.05, 0.1) is 18.7 Å². The third kappa shape index (κ3) is 6.68. The molecule has 1 aliphatic rings. The number of benzene rings is 2. The van der Waals surface area contributed by atoms with Crippen molar-refractivity contribution in [3.05, 3.63) is 70.3 Å². The molecule has 1 atom stereocenters. The van der Waals surface area contributed by atoms with Crippen LogP contribution in [0.3, 0.4) is 0 Å². The molecular weight excluding hydrogens is 476 g/mol. The summed E-state index contributed by atoms with van der Waals surface area (Å²) in [6.45, 7) is 7.72. The molecule has 1 N–H and O–H groups in total. The molecule has 0 radical (unpaired) electrons. The fourth-order valence-corrected chi connectivity index (χ4v) is 4.70. The maximum absolute atomic E-state index is 13.2. The number of hydrogen-bond acceptors (Lipinski definition) is 5. The summed E-state index contributed by atoms with van der Waals surface area (Å²) in [4.78, 5) is 30.4. The number of aliphatic hydroxyl groups is 1. The number of halogens is 1. The number of ether oxygens (including phenoxy) is 1. The lowest BCUT2D eigenvalue weighted by atomic mass is 9.95. The molecule has 0 aliphatic carbocycles. The summed E-state index contributed by atoms with van der Waals surface area (Å²) in [5.41, 5.74) is 1.29. The van der Waals surface area contributed by atoms with Gasteiger partial charge < -0.3 is 19.6 Å². The van der Waals surface area contributed by atoms with Crippen LogP contribution in [0.4, 0.5) is 0 Å². The van der Waals surface area contributed by atoms with Crippen molar-refractivity contribution in [3.63, 3.8) is 0 Å².